The van der Waals surface area contributed by atoms with Crippen LogP contribution < -0.4 is 0 Å². The molecule has 0 saturated carbocycles. The summed E-state index contributed by atoms with van der Waals surface area (Å²) in [5.74, 6) is -1.23. The highest BCUT2D eigenvalue weighted by molar-refractivity contribution is 5.95. The van der Waals surface area contributed by atoms with Crippen LogP contribution in [0.25, 0.3) is 0 Å². The first-order valence-electron chi connectivity index (χ1n) is 8.12. The molecule has 0 atom stereocenters. The van der Waals surface area contributed by atoms with E-state index in [0.29, 0.717) is 18.4 Å². The standard InChI is InChI=1S/C17H19N3O6/c1-3-25-16(21)14-13(15(19-18-14)17(22)26-4-2)10-7-11-5-8-12(9-6-11)20(23)24/h5-6,8-9H,3-4,7,10H2,1-2H3,(H,18,19). The number of benzene rings is 1. The first kappa shape index (κ1) is 19.1. The van der Waals surface area contributed by atoms with Gasteiger partial charge in [0, 0.05) is 17.7 Å². The van der Waals surface area contributed by atoms with Gasteiger partial charge in [-0.05, 0) is 32.3 Å². The van der Waals surface area contributed by atoms with Crippen LogP contribution in [0.15, 0.2) is 24.3 Å². The summed E-state index contributed by atoms with van der Waals surface area (Å²) >= 11 is 0. The fraction of sp³-hybridized carbons (Fsp3) is 0.353. The van der Waals surface area contributed by atoms with Crippen molar-refractivity contribution in [3.63, 3.8) is 0 Å². The summed E-state index contributed by atoms with van der Waals surface area (Å²) in [6.45, 7) is 3.72. The molecule has 0 aliphatic heterocycles. The number of esters is 2. The van der Waals surface area contributed by atoms with Crippen LogP contribution in [-0.4, -0.2) is 40.3 Å². The third-order valence-electron chi connectivity index (χ3n) is 3.63. The molecule has 1 aromatic heterocycles. The van der Waals surface area contributed by atoms with Crippen LogP contribution in [0, 0.1) is 10.1 Å². The number of H-pyrrole nitrogens is 1. The van der Waals surface area contributed by atoms with E-state index < -0.39 is 16.9 Å². The second-order valence-corrected chi connectivity index (χ2v) is 5.29. The van der Waals surface area contributed by atoms with Crippen LogP contribution >= 0.6 is 0 Å². The number of aromatic amines is 1. The Balaban J connectivity index is 2.24. The van der Waals surface area contributed by atoms with Crippen molar-refractivity contribution in [2.24, 2.45) is 0 Å². The zero-order valence-corrected chi connectivity index (χ0v) is 14.5. The number of nitro groups is 1. The Morgan fingerprint density at radius 2 is 1.69 bits per heavy atom. The summed E-state index contributed by atoms with van der Waals surface area (Å²) in [6, 6.07) is 6.07. The largest absolute Gasteiger partial charge is 0.461 e. The maximum atomic E-state index is 12.1. The molecule has 138 valence electrons. The molecule has 0 unspecified atom stereocenters. The Morgan fingerprint density at radius 1 is 1.08 bits per heavy atom. The first-order chi connectivity index (χ1) is 12.5. The topological polar surface area (TPSA) is 124 Å². The van der Waals surface area contributed by atoms with E-state index >= 15 is 0 Å². The van der Waals surface area contributed by atoms with Gasteiger partial charge in [-0.1, -0.05) is 12.1 Å². The molecule has 0 amide bonds. The van der Waals surface area contributed by atoms with Gasteiger partial charge >= 0.3 is 11.9 Å². The molecule has 1 heterocycles. The molecule has 2 aromatic rings. The number of nitrogens with one attached hydrogen (secondary N) is 1. The maximum Gasteiger partial charge on any atom is 0.359 e. The number of ether oxygens (including phenoxy) is 2. The lowest BCUT2D eigenvalue weighted by Crippen LogP contribution is -2.12. The number of nitrogens with zero attached hydrogens (tertiary/aromatic N) is 2. The average Bonchev–Trinajstić information content (AvgIpc) is 3.04. The van der Waals surface area contributed by atoms with Gasteiger partial charge in [0.05, 0.1) is 18.1 Å². The van der Waals surface area contributed by atoms with Gasteiger partial charge in [0.1, 0.15) is 5.69 Å². The van der Waals surface area contributed by atoms with Gasteiger partial charge in [0.15, 0.2) is 5.69 Å². The first-order valence-corrected chi connectivity index (χ1v) is 8.12. The number of non-ortho nitro benzene ring substituents is 1. The highest BCUT2D eigenvalue weighted by Crippen LogP contribution is 2.19. The summed E-state index contributed by atoms with van der Waals surface area (Å²) in [6.07, 6.45) is 0.771. The van der Waals surface area contributed by atoms with E-state index in [1.54, 1.807) is 26.0 Å². The minimum atomic E-state index is -0.627. The fourth-order valence-electron chi connectivity index (χ4n) is 2.40. The van der Waals surface area contributed by atoms with Crippen molar-refractivity contribution in [3.05, 3.63) is 56.9 Å². The van der Waals surface area contributed by atoms with Crippen LogP contribution in [0.3, 0.4) is 0 Å². The monoisotopic (exact) mass is 361 g/mol. The molecular formula is C17H19N3O6. The van der Waals surface area contributed by atoms with Crippen molar-refractivity contribution < 1.29 is 24.0 Å². The van der Waals surface area contributed by atoms with Crippen LogP contribution in [0.2, 0.25) is 0 Å². The Bertz CT molecular complexity index is 762. The molecule has 0 fully saturated rings. The fourth-order valence-corrected chi connectivity index (χ4v) is 2.40. The third-order valence-corrected chi connectivity index (χ3v) is 3.63. The number of aromatic nitrogens is 2. The van der Waals surface area contributed by atoms with Gasteiger partial charge in [0.25, 0.3) is 5.69 Å². The number of nitro benzene ring substituents is 1. The highest BCUT2D eigenvalue weighted by atomic mass is 16.6. The summed E-state index contributed by atoms with van der Waals surface area (Å²) < 4.78 is 9.95. The van der Waals surface area contributed by atoms with Gasteiger partial charge in [-0.15, -0.1) is 0 Å². The van der Waals surface area contributed by atoms with Crippen molar-refractivity contribution in [2.45, 2.75) is 26.7 Å². The summed E-state index contributed by atoms with van der Waals surface area (Å²) in [4.78, 5) is 34.4. The molecule has 26 heavy (non-hydrogen) atoms. The number of carbonyl (C=O) groups is 2. The molecule has 0 bridgehead atoms. The number of rotatable bonds is 8. The normalized spacial score (nSPS) is 10.4. The maximum absolute atomic E-state index is 12.1. The average molecular weight is 361 g/mol. The Kier molecular flexibility index (Phi) is 6.42. The lowest BCUT2D eigenvalue weighted by atomic mass is 10.0. The summed E-state index contributed by atoms with van der Waals surface area (Å²) in [7, 11) is 0. The van der Waals surface area contributed by atoms with Crippen molar-refractivity contribution in [2.75, 3.05) is 13.2 Å². The van der Waals surface area contributed by atoms with E-state index in [2.05, 4.69) is 10.2 Å². The number of hydrogen-bond donors (Lipinski definition) is 1. The number of hydrogen-bond acceptors (Lipinski definition) is 7. The lowest BCUT2D eigenvalue weighted by molar-refractivity contribution is -0.384. The molecule has 9 heteroatoms. The van der Waals surface area contributed by atoms with E-state index in [1.165, 1.54) is 12.1 Å². The van der Waals surface area contributed by atoms with Crippen molar-refractivity contribution in [1.82, 2.24) is 10.2 Å². The second-order valence-electron chi connectivity index (χ2n) is 5.29. The van der Waals surface area contributed by atoms with Gasteiger partial charge in [-0.3, -0.25) is 15.2 Å². The summed E-state index contributed by atoms with van der Waals surface area (Å²) in [5.41, 5.74) is 1.37. The predicted molar refractivity (Wildman–Crippen MR) is 91.0 cm³/mol. The smallest absolute Gasteiger partial charge is 0.359 e. The molecule has 1 N–H and O–H groups in total. The zero-order valence-electron chi connectivity index (χ0n) is 14.5. The minimum absolute atomic E-state index is 0.00325. The predicted octanol–water partition coefficient (Wildman–Crippen LogP) is 2.46. The molecule has 0 aliphatic rings. The third kappa shape index (κ3) is 4.44. The van der Waals surface area contributed by atoms with Crippen LogP contribution in [0.4, 0.5) is 5.69 Å². The van der Waals surface area contributed by atoms with Gasteiger partial charge in [-0.2, -0.15) is 5.10 Å². The summed E-state index contributed by atoms with van der Waals surface area (Å²) in [5, 5.41) is 17.2. The molecule has 0 saturated heterocycles. The second kappa shape index (κ2) is 8.75. The molecule has 0 spiro atoms. The van der Waals surface area contributed by atoms with E-state index in [-0.39, 0.29) is 30.3 Å². The van der Waals surface area contributed by atoms with Crippen LogP contribution in [0.1, 0.15) is 46.0 Å². The quantitative estimate of drug-likeness (QED) is 0.435. The van der Waals surface area contributed by atoms with Gasteiger partial charge in [0.2, 0.25) is 0 Å². The molecular weight excluding hydrogens is 342 g/mol. The van der Waals surface area contributed by atoms with Crippen molar-refractivity contribution in [1.29, 1.82) is 0 Å². The van der Waals surface area contributed by atoms with E-state index in [1.807, 2.05) is 0 Å². The van der Waals surface area contributed by atoms with E-state index in [9.17, 15) is 19.7 Å². The Morgan fingerprint density at radius 3 is 2.27 bits per heavy atom. The van der Waals surface area contributed by atoms with Crippen LogP contribution in [-0.2, 0) is 22.3 Å². The van der Waals surface area contributed by atoms with Gasteiger partial charge < -0.3 is 9.47 Å². The molecule has 2 rings (SSSR count). The molecule has 9 nitrogen and oxygen atoms in total. The molecule has 0 aliphatic carbocycles. The lowest BCUT2D eigenvalue weighted by Gasteiger charge is -2.06. The Hall–Kier alpha value is -3.23. The molecule has 1 aromatic carbocycles. The van der Waals surface area contributed by atoms with E-state index in [4.69, 9.17) is 9.47 Å². The molecule has 0 radical (unpaired) electrons. The van der Waals surface area contributed by atoms with Crippen LogP contribution in [0.5, 0.6) is 0 Å². The zero-order chi connectivity index (χ0) is 19.1. The van der Waals surface area contributed by atoms with E-state index in [0.717, 1.165) is 5.56 Å². The van der Waals surface area contributed by atoms with Crippen molar-refractivity contribution >= 4 is 17.6 Å². The highest BCUT2D eigenvalue weighted by Gasteiger charge is 2.25. The van der Waals surface area contributed by atoms with Crippen molar-refractivity contribution in [3.8, 4) is 0 Å². The number of aryl methyl sites for hydroxylation is 1. The Labute approximate surface area is 149 Å². The number of carbonyl (C=O) groups excluding carboxylic acids is 2. The van der Waals surface area contributed by atoms with Gasteiger partial charge in [-0.25, -0.2) is 9.59 Å². The minimum Gasteiger partial charge on any atom is -0.461 e. The SMILES string of the molecule is CCOC(=O)c1n[nH]c(C(=O)OCC)c1CCc1ccc([N+](=O)[O-])cc1.